The van der Waals surface area contributed by atoms with E-state index in [2.05, 4.69) is 4.72 Å². The van der Waals surface area contributed by atoms with E-state index in [-0.39, 0.29) is 17.5 Å². The summed E-state index contributed by atoms with van der Waals surface area (Å²) in [5.74, 6) is -0.636. The van der Waals surface area contributed by atoms with E-state index in [4.69, 9.17) is 9.47 Å². The van der Waals surface area contributed by atoms with E-state index in [0.717, 1.165) is 0 Å². The first kappa shape index (κ1) is 13.5. The van der Waals surface area contributed by atoms with E-state index in [0.29, 0.717) is 6.61 Å². The van der Waals surface area contributed by atoms with Crippen LogP contribution in [0.15, 0.2) is 35.2 Å². The zero-order chi connectivity index (χ0) is 13.2. The van der Waals surface area contributed by atoms with Crippen LogP contribution in [0.4, 0.5) is 0 Å². The van der Waals surface area contributed by atoms with Gasteiger partial charge < -0.3 is 9.47 Å². The summed E-state index contributed by atoms with van der Waals surface area (Å²) in [5.41, 5.74) is 0. The van der Waals surface area contributed by atoms with E-state index in [1.807, 2.05) is 0 Å². The molecule has 1 aliphatic rings. The highest BCUT2D eigenvalue weighted by atomic mass is 32.2. The van der Waals surface area contributed by atoms with Gasteiger partial charge in [-0.25, -0.2) is 13.1 Å². The van der Waals surface area contributed by atoms with Crippen LogP contribution in [0.25, 0.3) is 0 Å². The summed E-state index contributed by atoms with van der Waals surface area (Å²) in [6.07, 6.45) is -0.251. The monoisotopic (exact) mass is 271 g/mol. The highest BCUT2D eigenvalue weighted by molar-refractivity contribution is 7.89. The van der Waals surface area contributed by atoms with Gasteiger partial charge in [0.1, 0.15) is 0 Å². The van der Waals surface area contributed by atoms with Crippen LogP contribution in [0, 0.1) is 0 Å². The van der Waals surface area contributed by atoms with Crippen LogP contribution in [0.2, 0.25) is 0 Å². The first-order valence-electron chi connectivity index (χ1n) is 5.75. The Bertz CT molecular complexity index is 498. The third-order valence-electron chi connectivity index (χ3n) is 2.62. The summed E-state index contributed by atoms with van der Waals surface area (Å²) in [6.45, 7) is 4.21. The number of ether oxygens (including phenoxy) is 2. The first-order chi connectivity index (χ1) is 8.39. The Balaban J connectivity index is 1.95. The normalized spacial score (nSPS) is 23.1. The quantitative estimate of drug-likeness (QED) is 0.891. The van der Waals surface area contributed by atoms with Gasteiger partial charge in [0.05, 0.1) is 17.6 Å². The molecule has 6 heteroatoms. The zero-order valence-corrected chi connectivity index (χ0v) is 11.2. The molecule has 0 aromatic heterocycles. The minimum absolute atomic E-state index is 0.209. The minimum Gasteiger partial charge on any atom is -0.348 e. The zero-order valence-electron chi connectivity index (χ0n) is 10.4. The van der Waals surface area contributed by atoms with Gasteiger partial charge >= 0.3 is 0 Å². The lowest BCUT2D eigenvalue weighted by atomic mass is 10.4. The molecule has 5 nitrogen and oxygen atoms in total. The molecule has 2 rings (SSSR count). The second kappa shape index (κ2) is 4.97. The van der Waals surface area contributed by atoms with Crippen LogP contribution >= 0.6 is 0 Å². The molecular weight excluding hydrogens is 254 g/mol. The van der Waals surface area contributed by atoms with Crippen molar-refractivity contribution in [3.63, 3.8) is 0 Å². The highest BCUT2D eigenvalue weighted by Crippen LogP contribution is 2.22. The summed E-state index contributed by atoms with van der Waals surface area (Å²) in [5, 5.41) is 0. The molecule has 1 fully saturated rings. The second-order valence-electron chi connectivity index (χ2n) is 4.62. The Morgan fingerprint density at radius 2 is 2.00 bits per heavy atom. The maximum atomic E-state index is 11.9. The topological polar surface area (TPSA) is 64.6 Å². The molecule has 1 aliphatic heterocycles. The number of nitrogens with one attached hydrogen (secondary N) is 1. The van der Waals surface area contributed by atoms with E-state index in [1.54, 1.807) is 44.2 Å². The first-order valence-corrected chi connectivity index (χ1v) is 7.24. The second-order valence-corrected chi connectivity index (χ2v) is 6.38. The van der Waals surface area contributed by atoms with E-state index in [9.17, 15) is 8.42 Å². The Morgan fingerprint density at radius 1 is 1.33 bits per heavy atom. The van der Waals surface area contributed by atoms with Gasteiger partial charge in [-0.3, -0.25) is 0 Å². The average molecular weight is 271 g/mol. The Kier molecular flexibility index (Phi) is 3.72. The molecule has 0 saturated carbocycles. The molecule has 0 aliphatic carbocycles. The number of hydrogen-bond donors (Lipinski definition) is 1. The third kappa shape index (κ3) is 3.29. The van der Waals surface area contributed by atoms with Gasteiger partial charge in [0, 0.05) is 6.54 Å². The molecule has 1 atom stereocenters. The maximum absolute atomic E-state index is 11.9. The van der Waals surface area contributed by atoms with Crippen LogP contribution in [0.5, 0.6) is 0 Å². The number of hydrogen-bond acceptors (Lipinski definition) is 4. The fourth-order valence-corrected chi connectivity index (χ4v) is 2.84. The predicted octanol–water partition coefficient (Wildman–Crippen LogP) is 1.12. The van der Waals surface area contributed by atoms with Gasteiger partial charge in [0.2, 0.25) is 10.0 Å². The lowest BCUT2D eigenvalue weighted by Crippen LogP contribution is -2.34. The lowest BCUT2D eigenvalue weighted by molar-refractivity contribution is -0.137. The van der Waals surface area contributed by atoms with Crippen LogP contribution in [-0.4, -0.2) is 33.5 Å². The molecule has 1 heterocycles. The van der Waals surface area contributed by atoms with Crippen LogP contribution in [0.3, 0.4) is 0 Å². The number of benzene rings is 1. The fourth-order valence-electron chi connectivity index (χ4n) is 1.75. The largest absolute Gasteiger partial charge is 0.348 e. The van der Waals surface area contributed by atoms with E-state index >= 15 is 0 Å². The van der Waals surface area contributed by atoms with Crippen molar-refractivity contribution in [3.05, 3.63) is 30.3 Å². The summed E-state index contributed by atoms with van der Waals surface area (Å²) in [6, 6.07) is 8.26. The van der Waals surface area contributed by atoms with Crippen LogP contribution in [0.1, 0.15) is 13.8 Å². The van der Waals surface area contributed by atoms with Crippen LogP contribution < -0.4 is 4.72 Å². The van der Waals surface area contributed by atoms with E-state index in [1.165, 1.54) is 0 Å². The Morgan fingerprint density at radius 3 is 2.56 bits per heavy atom. The minimum atomic E-state index is -3.47. The summed E-state index contributed by atoms with van der Waals surface area (Å²) in [4.78, 5) is 0.253. The molecular formula is C12H17NO4S. The Hall–Kier alpha value is -0.950. The van der Waals surface area contributed by atoms with Gasteiger partial charge in [0.15, 0.2) is 5.79 Å². The van der Waals surface area contributed by atoms with Crippen molar-refractivity contribution in [1.29, 1.82) is 0 Å². The lowest BCUT2D eigenvalue weighted by Gasteiger charge is -2.17. The number of rotatable bonds is 4. The van der Waals surface area contributed by atoms with Gasteiger partial charge in [0.25, 0.3) is 0 Å². The smallest absolute Gasteiger partial charge is 0.240 e. The van der Waals surface area contributed by atoms with Crippen molar-refractivity contribution >= 4 is 10.0 Å². The molecule has 1 saturated heterocycles. The third-order valence-corrected chi connectivity index (χ3v) is 4.06. The SMILES string of the molecule is CC1(C)OCC(CNS(=O)(=O)c2ccccc2)O1. The molecule has 1 aromatic rings. The molecule has 0 bridgehead atoms. The van der Waals surface area contributed by atoms with Crippen molar-refractivity contribution in [2.45, 2.75) is 30.6 Å². The van der Waals surface area contributed by atoms with Gasteiger partial charge in [-0.1, -0.05) is 18.2 Å². The molecule has 0 radical (unpaired) electrons. The summed E-state index contributed by atoms with van der Waals surface area (Å²) >= 11 is 0. The molecule has 18 heavy (non-hydrogen) atoms. The average Bonchev–Trinajstić information content (AvgIpc) is 2.68. The predicted molar refractivity (Wildman–Crippen MR) is 66.5 cm³/mol. The molecule has 1 N–H and O–H groups in total. The van der Waals surface area contributed by atoms with Gasteiger partial charge in [-0.15, -0.1) is 0 Å². The van der Waals surface area contributed by atoms with Crippen molar-refractivity contribution in [1.82, 2.24) is 4.72 Å². The molecule has 1 aromatic carbocycles. The van der Waals surface area contributed by atoms with E-state index < -0.39 is 15.8 Å². The molecule has 0 amide bonds. The Labute approximate surface area is 107 Å². The highest BCUT2D eigenvalue weighted by Gasteiger charge is 2.33. The maximum Gasteiger partial charge on any atom is 0.240 e. The molecule has 0 spiro atoms. The van der Waals surface area contributed by atoms with Crippen LogP contribution in [-0.2, 0) is 19.5 Å². The summed E-state index contributed by atoms with van der Waals surface area (Å²) in [7, 11) is -3.47. The molecule has 100 valence electrons. The van der Waals surface area contributed by atoms with Crippen molar-refractivity contribution in [2.75, 3.05) is 13.2 Å². The van der Waals surface area contributed by atoms with Crippen molar-refractivity contribution in [2.24, 2.45) is 0 Å². The van der Waals surface area contributed by atoms with Crippen molar-refractivity contribution in [3.8, 4) is 0 Å². The van der Waals surface area contributed by atoms with Gasteiger partial charge in [-0.05, 0) is 26.0 Å². The standard InChI is InChI=1S/C12H17NO4S/c1-12(2)16-9-10(17-12)8-13-18(14,15)11-6-4-3-5-7-11/h3-7,10,13H,8-9H2,1-2H3. The summed E-state index contributed by atoms with van der Waals surface area (Å²) < 4.78 is 37.3. The fraction of sp³-hybridized carbons (Fsp3) is 0.500. The number of sulfonamides is 1. The van der Waals surface area contributed by atoms with Crippen molar-refractivity contribution < 1.29 is 17.9 Å². The molecule has 1 unspecified atom stereocenters. The van der Waals surface area contributed by atoms with Gasteiger partial charge in [-0.2, -0.15) is 0 Å².